The van der Waals surface area contributed by atoms with Gasteiger partial charge in [-0.2, -0.15) is 10.5 Å². The quantitative estimate of drug-likeness (QED) is 0.504. The van der Waals surface area contributed by atoms with Gasteiger partial charge in [-0.05, 0) is 30.3 Å². The highest BCUT2D eigenvalue weighted by atomic mass is 16.5. The summed E-state index contributed by atoms with van der Waals surface area (Å²) in [4.78, 5) is 8.93. The number of likely N-dealkylation sites (N-methyl/N-ethyl adjacent to an activating group) is 1. The summed E-state index contributed by atoms with van der Waals surface area (Å²) in [5, 5.41) is 44.4. The number of rotatable bonds is 5. The first-order chi connectivity index (χ1) is 19.4. The van der Waals surface area contributed by atoms with Crippen LogP contribution in [0.25, 0.3) is 0 Å². The first-order valence-corrected chi connectivity index (χ1v) is 13.4. The molecule has 2 fully saturated rings. The standard InChI is InChI=1S/C31H31N5O4/c1-35-12-14-36(15-13-35)19-24-26(21-6-4-3-5-7-21)31(22-10-8-20(17-32)9-11-22)30(38,28(24)37)27-25(40-31)16-23(18-33)34-29(27)39-2/h3-11,16,24,26,28,37-38H,12-15,19H2,1-2H3. The summed E-state index contributed by atoms with van der Waals surface area (Å²) >= 11 is 0. The van der Waals surface area contributed by atoms with Crippen molar-refractivity contribution in [2.45, 2.75) is 23.2 Å². The molecule has 204 valence electrons. The van der Waals surface area contributed by atoms with Gasteiger partial charge in [-0.3, -0.25) is 0 Å². The fraction of sp³-hybridized carbons (Fsp3) is 0.387. The number of piperazine rings is 1. The Labute approximate surface area is 233 Å². The fourth-order valence-corrected chi connectivity index (χ4v) is 6.96. The topological polar surface area (TPSA) is 126 Å². The zero-order valence-electron chi connectivity index (χ0n) is 22.5. The number of methoxy groups -OCH3 is 1. The number of aliphatic hydroxyl groups is 2. The minimum atomic E-state index is -1.97. The number of hydrogen-bond donors (Lipinski definition) is 2. The van der Waals surface area contributed by atoms with Crippen LogP contribution >= 0.6 is 0 Å². The van der Waals surface area contributed by atoms with E-state index in [1.54, 1.807) is 24.3 Å². The Balaban J connectivity index is 1.61. The van der Waals surface area contributed by atoms with E-state index < -0.39 is 29.1 Å². The summed E-state index contributed by atoms with van der Waals surface area (Å²) < 4.78 is 12.5. The second-order valence-electron chi connectivity index (χ2n) is 10.9. The maximum Gasteiger partial charge on any atom is 0.224 e. The van der Waals surface area contributed by atoms with Crippen LogP contribution in [0.5, 0.6) is 11.6 Å². The highest BCUT2D eigenvalue weighted by Gasteiger charge is 2.77. The van der Waals surface area contributed by atoms with Crippen molar-refractivity contribution in [2.24, 2.45) is 5.92 Å². The van der Waals surface area contributed by atoms with Crippen LogP contribution < -0.4 is 9.47 Å². The van der Waals surface area contributed by atoms with Crippen LogP contribution in [0.4, 0.5) is 0 Å². The van der Waals surface area contributed by atoms with Crippen LogP contribution in [0.2, 0.25) is 0 Å². The van der Waals surface area contributed by atoms with Gasteiger partial charge in [-0.15, -0.1) is 0 Å². The molecule has 9 heteroatoms. The molecule has 2 aromatic carbocycles. The summed E-state index contributed by atoms with van der Waals surface area (Å²) in [5.74, 6) is -0.643. The lowest BCUT2D eigenvalue weighted by molar-refractivity contribution is -0.152. The van der Waals surface area contributed by atoms with Crippen LogP contribution in [-0.2, 0) is 11.2 Å². The number of nitriles is 2. The third-order valence-corrected chi connectivity index (χ3v) is 8.84. The van der Waals surface area contributed by atoms with E-state index in [1.165, 1.54) is 13.2 Å². The molecule has 3 heterocycles. The lowest BCUT2D eigenvalue weighted by Crippen LogP contribution is -2.52. The van der Waals surface area contributed by atoms with E-state index in [9.17, 15) is 20.7 Å². The number of fused-ring (bicyclic) bond motifs is 3. The monoisotopic (exact) mass is 537 g/mol. The predicted molar refractivity (Wildman–Crippen MR) is 145 cm³/mol. The van der Waals surface area contributed by atoms with Crippen LogP contribution in [0, 0.1) is 28.6 Å². The number of hydrogen-bond acceptors (Lipinski definition) is 9. The first kappa shape index (κ1) is 26.2. The van der Waals surface area contributed by atoms with Crippen LogP contribution in [0.15, 0.2) is 60.7 Å². The van der Waals surface area contributed by atoms with Crippen LogP contribution in [-0.4, -0.2) is 78.0 Å². The molecule has 1 aromatic heterocycles. The predicted octanol–water partition coefficient (Wildman–Crippen LogP) is 2.33. The number of aromatic nitrogens is 1. The summed E-state index contributed by atoms with van der Waals surface area (Å²) in [6.45, 7) is 4.06. The van der Waals surface area contributed by atoms with Gasteiger partial charge in [0.25, 0.3) is 0 Å². The minimum Gasteiger partial charge on any atom is -0.481 e. The van der Waals surface area contributed by atoms with E-state index in [4.69, 9.17) is 9.47 Å². The third-order valence-electron chi connectivity index (χ3n) is 8.84. The van der Waals surface area contributed by atoms with Gasteiger partial charge in [0.1, 0.15) is 17.5 Å². The maximum absolute atomic E-state index is 13.0. The van der Waals surface area contributed by atoms with Crippen molar-refractivity contribution in [2.75, 3.05) is 46.9 Å². The van der Waals surface area contributed by atoms with E-state index in [0.717, 1.165) is 31.7 Å². The molecular weight excluding hydrogens is 506 g/mol. The van der Waals surface area contributed by atoms with E-state index >= 15 is 0 Å². The molecule has 2 N–H and O–H groups in total. The van der Waals surface area contributed by atoms with E-state index in [2.05, 4.69) is 27.9 Å². The van der Waals surface area contributed by atoms with Crippen molar-refractivity contribution in [3.8, 4) is 23.8 Å². The number of nitrogens with zero attached hydrogens (tertiary/aromatic N) is 5. The average Bonchev–Trinajstić information content (AvgIpc) is 3.36. The molecule has 1 saturated carbocycles. The van der Waals surface area contributed by atoms with Gasteiger partial charge < -0.3 is 29.5 Å². The number of pyridine rings is 1. The molecule has 0 radical (unpaired) electrons. The van der Waals surface area contributed by atoms with Gasteiger partial charge in [0.2, 0.25) is 5.88 Å². The molecule has 0 bridgehead atoms. The summed E-state index contributed by atoms with van der Waals surface area (Å²) in [5.41, 5.74) is -1.18. The molecule has 6 rings (SSSR count). The van der Waals surface area contributed by atoms with E-state index in [1.807, 2.05) is 36.4 Å². The van der Waals surface area contributed by atoms with E-state index in [-0.39, 0.29) is 22.9 Å². The average molecular weight is 538 g/mol. The molecule has 1 aliphatic carbocycles. The van der Waals surface area contributed by atoms with Crippen molar-refractivity contribution in [1.29, 1.82) is 10.5 Å². The van der Waals surface area contributed by atoms with Crippen LogP contribution in [0.1, 0.15) is 33.9 Å². The van der Waals surface area contributed by atoms with Crippen molar-refractivity contribution >= 4 is 0 Å². The zero-order chi connectivity index (χ0) is 28.1. The van der Waals surface area contributed by atoms with Crippen molar-refractivity contribution < 1.29 is 19.7 Å². The highest BCUT2D eigenvalue weighted by molar-refractivity contribution is 5.60. The van der Waals surface area contributed by atoms with E-state index in [0.29, 0.717) is 17.7 Å². The Bertz CT molecular complexity index is 1490. The molecule has 40 heavy (non-hydrogen) atoms. The zero-order valence-corrected chi connectivity index (χ0v) is 22.5. The van der Waals surface area contributed by atoms with Gasteiger partial charge in [0.15, 0.2) is 11.2 Å². The van der Waals surface area contributed by atoms with Crippen LogP contribution in [0.3, 0.4) is 0 Å². The van der Waals surface area contributed by atoms with Gasteiger partial charge >= 0.3 is 0 Å². The molecule has 1 saturated heterocycles. The number of aliphatic hydroxyl groups excluding tert-OH is 1. The van der Waals surface area contributed by atoms with Crippen molar-refractivity contribution in [3.63, 3.8) is 0 Å². The maximum atomic E-state index is 13.0. The van der Waals surface area contributed by atoms with Gasteiger partial charge in [-0.25, -0.2) is 4.98 Å². The SMILES string of the molecule is COc1nc(C#N)cc2c1C1(O)C(O)C(CN3CCN(C)CC3)C(c3ccccc3)C1(c1ccc(C#N)cc1)O2. The second-order valence-corrected chi connectivity index (χ2v) is 10.9. The third kappa shape index (κ3) is 3.71. The summed E-state index contributed by atoms with van der Waals surface area (Å²) in [6.07, 6.45) is -1.27. The molecule has 5 atom stereocenters. The Kier molecular flexibility index (Phi) is 6.48. The summed E-state index contributed by atoms with van der Waals surface area (Å²) in [6, 6.07) is 22.4. The van der Waals surface area contributed by atoms with Gasteiger partial charge in [0.05, 0.1) is 30.4 Å². The van der Waals surface area contributed by atoms with Crippen molar-refractivity contribution in [3.05, 3.63) is 88.6 Å². The lowest BCUT2D eigenvalue weighted by atomic mass is 9.70. The molecule has 2 aliphatic heterocycles. The van der Waals surface area contributed by atoms with Gasteiger partial charge in [0, 0.05) is 50.6 Å². The highest BCUT2D eigenvalue weighted by Crippen LogP contribution is 2.69. The Morgan fingerprint density at radius 2 is 1.75 bits per heavy atom. The molecule has 0 spiro atoms. The minimum absolute atomic E-state index is 0.0400. The Morgan fingerprint density at radius 3 is 2.38 bits per heavy atom. The molecule has 3 aromatic rings. The molecule has 5 unspecified atom stereocenters. The molecular formula is C31H31N5O4. The first-order valence-electron chi connectivity index (χ1n) is 13.4. The number of benzene rings is 2. The fourth-order valence-electron chi connectivity index (χ4n) is 6.96. The van der Waals surface area contributed by atoms with Gasteiger partial charge in [-0.1, -0.05) is 42.5 Å². The second kappa shape index (κ2) is 9.88. The normalized spacial score (nSPS) is 29.6. The molecule has 3 aliphatic rings. The lowest BCUT2D eigenvalue weighted by Gasteiger charge is -2.41. The largest absolute Gasteiger partial charge is 0.481 e. The number of ether oxygens (including phenoxy) is 2. The summed E-state index contributed by atoms with van der Waals surface area (Å²) in [7, 11) is 3.52. The van der Waals surface area contributed by atoms with Crippen molar-refractivity contribution in [1.82, 2.24) is 14.8 Å². The smallest absolute Gasteiger partial charge is 0.224 e. The molecule has 9 nitrogen and oxygen atoms in total. The Morgan fingerprint density at radius 1 is 1.05 bits per heavy atom. The Hall–Kier alpha value is -3.99. The molecule has 0 amide bonds.